The number of hydrogen-bond donors (Lipinski definition) is 2. The Morgan fingerprint density at radius 2 is 1.82 bits per heavy atom. The van der Waals surface area contributed by atoms with Crippen LogP contribution in [0.4, 0.5) is 5.69 Å². The van der Waals surface area contributed by atoms with Gasteiger partial charge in [-0.15, -0.1) is 11.3 Å². The average molecular weight is 356 g/mol. The van der Waals surface area contributed by atoms with Gasteiger partial charge in [-0.1, -0.05) is 35.3 Å². The van der Waals surface area contributed by atoms with Crippen molar-refractivity contribution in [3.8, 4) is 0 Å². The molecule has 8 heteroatoms. The summed E-state index contributed by atoms with van der Waals surface area (Å²) in [5.41, 5.74) is 3.10. The summed E-state index contributed by atoms with van der Waals surface area (Å²) in [4.78, 5) is 24.3. The van der Waals surface area contributed by atoms with Crippen LogP contribution in [0.15, 0.2) is 41.5 Å². The molecule has 0 unspecified atom stereocenters. The Morgan fingerprint density at radius 1 is 1.09 bits per heavy atom. The lowest BCUT2D eigenvalue weighted by molar-refractivity contribution is -0.136. The van der Waals surface area contributed by atoms with Crippen molar-refractivity contribution in [2.45, 2.75) is 6.92 Å². The van der Waals surface area contributed by atoms with Crippen LogP contribution in [0.25, 0.3) is 0 Å². The lowest BCUT2D eigenvalue weighted by Crippen LogP contribution is -2.33. The van der Waals surface area contributed by atoms with Gasteiger partial charge in [0.15, 0.2) is 0 Å². The average Bonchev–Trinajstić information content (AvgIpc) is 2.93. The Hall–Kier alpha value is -1.89. The first kappa shape index (κ1) is 16.5. The number of anilines is 1. The maximum atomic E-state index is 11.7. The molecule has 1 aromatic heterocycles. The molecule has 0 atom stereocenters. The zero-order chi connectivity index (χ0) is 16.1. The lowest BCUT2D eigenvalue weighted by Gasteiger charge is -2.05. The fourth-order valence-electron chi connectivity index (χ4n) is 1.49. The van der Waals surface area contributed by atoms with Gasteiger partial charge in [-0.2, -0.15) is 5.10 Å². The number of amides is 2. The van der Waals surface area contributed by atoms with E-state index in [1.165, 1.54) is 11.3 Å². The second kappa shape index (κ2) is 7.40. The van der Waals surface area contributed by atoms with Crippen LogP contribution in [0.3, 0.4) is 0 Å². The highest BCUT2D eigenvalue weighted by Crippen LogP contribution is 2.22. The summed E-state index contributed by atoms with van der Waals surface area (Å²) >= 11 is 13.0. The topological polar surface area (TPSA) is 70.6 Å². The zero-order valence-corrected chi connectivity index (χ0v) is 13.7. The highest BCUT2D eigenvalue weighted by molar-refractivity contribution is 7.18. The van der Waals surface area contributed by atoms with Crippen molar-refractivity contribution in [1.82, 2.24) is 5.43 Å². The second-order valence-corrected chi connectivity index (χ2v) is 6.30. The molecule has 0 bridgehead atoms. The third-order valence-electron chi connectivity index (χ3n) is 2.58. The predicted octanol–water partition coefficient (Wildman–Crippen LogP) is 3.53. The van der Waals surface area contributed by atoms with E-state index in [4.69, 9.17) is 23.2 Å². The van der Waals surface area contributed by atoms with E-state index in [2.05, 4.69) is 15.8 Å². The van der Waals surface area contributed by atoms with Crippen molar-refractivity contribution in [1.29, 1.82) is 0 Å². The first-order valence-electron chi connectivity index (χ1n) is 6.13. The Bertz CT molecular complexity index is 743. The van der Waals surface area contributed by atoms with E-state index in [0.29, 0.717) is 20.8 Å². The SMILES string of the molecule is CC(=NNC(=O)C(=O)Nc1ccccc1Cl)c1ccc(Cl)s1. The van der Waals surface area contributed by atoms with Gasteiger partial charge in [0.25, 0.3) is 0 Å². The molecule has 0 aliphatic heterocycles. The number of hydrogen-bond acceptors (Lipinski definition) is 4. The number of rotatable bonds is 3. The summed E-state index contributed by atoms with van der Waals surface area (Å²) in [5, 5.41) is 6.62. The maximum absolute atomic E-state index is 11.7. The molecule has 1 heterocycles. The molecule has 0 aliphatic carbocycles. The Kier molecular flexibility index (Phi) is 5.54. The van der Waals surface area contributed by atoms with Crippen LogP contribution in [0, 0.1) is 0 Å². The smallest absolute Gasteiger partial charge is 0.316 e. The number of carbonyl (C=O) groups excluding carboxylic acids is 2. The van der Waals surface area contributed by atoms with E-state index in [9.17, 15) is 9.59 Å². The van der Waals surface area contributed by atoms with Gasteiger partial charge in [0.05, 0.1) is 25.6 Å². The van der Waals surface area contributed by atoms with Crippen LogP contribution < -0.4 is 10.7 Å². The maximum Gasteiger partial charge on any atom is 0.329 e. The van der Waals surface area contributed by atoms with E-state index < -0.39 is 11.8 Å². The molecule has 0 saturated heterocycles. The van der Waals surface area contributed by atoms with Gasteiger partial charge in [0.1, 0.15) is 0 Å². The standard InChI is InChI=1S/C14H11Cl2N3O2S/c1-8(11-6-7-12(16)22-11)18-19-14(21)13(20)17-10-5-3-2-4-9(10)15/h2-7H,1H3,(H,17,20)(H,19,21). The number of halogens is 2. The van der Waals surface area contributed by atoms with Gasteiger partial charge in [0, 0.05) is 0 Å². The fraction of sp³-hybridized carbons (Fsp3) is 0.0714. The van der Waals surface area contributed by atoms with Gasteiger partial charge in [-0.3, -0.25) is 9.59 Å². The molecule has 2 amide bonds. The Balaban J connectivity index is 1.97. The first-order chi connectivity index (χ1) is 10.5. The number of para-hydroxylation sites is 1. The minimum atomic E-state index is -0.887. The van der Waals surface area contributed by atoms with Crippen LogP contribution >= 0.6 is 34.5 Å². The normalized spacial score (nSPS) is 11.1. The molecule has 5 nitrogen and oxygen atoms in total. The summed E-state index contributed by atoms with van der Waals surface area (Å²) in [5.74, 6) is -1.74. The van der Waals surface area contributed by atoms with Crippen LogP contribution in [0.2, 0.25) is 9.36 Å². The first-order valence-corrected chi connectivity index (χ1v) is 7.70. The molecule has 2 aromatic rings. The minimum Gasteiger partial charge on any atom is -0.316 e. The third kappa shape index (κ3) is 4.30. The van der Waals surface area contributed by atoms with Crippen molar-refractivity contribution < 1.29 is 9.59 Å². The van der Waals surface area contributed by atoms with Crippen molar-refractivity contribution in [2.24, 2.45) is 5.10 Å². The lowest BCUT2D eigenvalue weighted by atomic mass is 10.3. The van der Waals surface area contributed by atoms with Gasteiger partial charge in [-0.25, -0.2) is 5.43 Å². The van der Waals surface area contributed by atoms with Crippen LogP contribution in [-0.2, 0) is 9.59 Å². The number of hydrazone groups is 1. The molecule has 0 radical (unpaired) electrons. The molecule has 0 fully saturated rings. The van der Waals surface area contributed by atoms with Gasteiger partial charge < -0.3 is 5.32 Å². The molecular formula is C14H11Cl2N3O2S. The largest absolute Gasteiger partial charge is 0.329 e. The van der Waals surface area contributed by atoms with Crippen molar-refractivity contribution >= 4 is 57.8 Å². The van der Waals surface area contributed by atoms with Crippen molar-refractivity contribution in [3.63, 3.8) is 0 Å². The number of benzene rings is 1. The number of carbonyl (C=O) groups is 2. The Labute approximate surface area is 140 Å². The fourth-order valence-corrected chi connectivity index (χ4v) is 2.66. The van der Waals surface area contributed by atoms with Crippen molar-refractivity contribution in [3.05, 3.63) is 50.6 Å². The number of thiophene rings is 1. The van der Waals surface area contributed by atoms with E-state index in [1.54, 1.807) is 43.3 Å². The van der Waals surface area contributed by atoms with Crippen molar-refractivity contribution in [2.75, 3.05) is 5.32 Å². The van der Waals surface area contributed by atoms with Crippen LogP contribution in [0.5, 0.6) is 0 Å². The predicted molar refractivity (Wildman–Crippen MR) is 89.8 cm³/mol. The molecule has 0 saturated carbocycles. The summed E-state index contributed by atoms with van der Waals surface area (Å²) < 4.78 is 0.618. The molecule has 2 N–H and O–H groups in total. The monoisotopic (exact) mass is 355 g/mol. The number of nitrogens with zero attached hydrogens (tertiary/aromatic N) is 1. The van der Waals surface area contributed by atoms with Gasteiger partial charge in [-0.05, 0) is 31.2 Å². The van der Waals surface area contributed by atoms with E-state index >= 15 is 0 Å². The highest BCUT2D eigenvalue weighted by Gasteiger charge is 2.14. The summed E-state index contributed by atoms with van der Waals surface area (Å²) in [6.07, 6.45) is 0. The van der Waals surface area contributed by atoms with E-state index in [1.807, 2.05) is 0 Å². The minimum absolute atomic E-state index is 0.344. The molecule has 0 aliphatic rings. The van der Waals surface area contributed by atoms with Gasteiger partial charge in [0.2, 0.25) is 0 Å². The molecule has 1 aromatic carbocycles. The molecular weight excluding hydrogens is 345 g/mol. The van der Waals surface area contributed by atoms with E-state index in [-0.39, 0.29) is 0 Å². The number of nitrogens with one attached hydrogen (secondary N) is 2. The second-order valence-electron chi connectivity index (χ2n) is 4.18. The highest BCUT2D eigenvalue weighted by atomic mass is 35.5. The molecule has 22 heavy (non-hydrogen) atoms. The molecule has 0 spiro atoms. The summed E-state index contributed by atoms with van der Waals surface area (Å²) in [6.45, 7) is 1.70. The van der Waals surface area contributed by atoms with E-state index in [0.717, 1.165) is 4.88 Å². The van der Waals surface area contributed by atoms with Crippen LogP contribution in [-0.4, -0.2) is 17.5 Å². The summed E-state index contributed by atoms with van der Waals surface area (Å²) in [7, 11) is 0. The Morgan fingerprint density at radius 3 is 2.45 bits per heavy atom. The van der Waals surface area contributed by atoms with Crippen LogP contribution in [0.1, 0.15) is 11.8 Å². The molecule has 2 rings (SSSR count). The zero-order valence-electron chi connectivity index (χ0n) is 11.4. The summed E-state index contributed by atoms with van der Waals surface area (Å²) in [6, 6.07) is 10.1. The molecule has 114 valence electrons. The quantitative estimate of drug-likeness (QED) is 0.502. The van der Waals surface area contributed by atoms with Gasteiger partial charge >= 0.3 is 11.8 Å². The third-order valence-corrected chi connectivity index (χ3v) is 4.25.